The number of halogens is 2. The molecule has 1 N–H and O–H groups in total. The number of carboxylic acid groups (broad SMARTS) is 1. The Morgan fingerprint density at radius 3 is 2.45 bits per heavy atom. The molecule has 1 unspecified atom stereocenters. The molecular weight excluding hydrogens is 279 g/mol. The highest BCUT2D eigenvalue weighted by Crippen LogP contribution is 2.24. The average Bonchev–Trinajstić information content (AvgIpc) is 2.44. The van der Waals surface area contributed by atoms with Gasteiger partial charge in [-0.1, -0.05) is 54.1 Å². The van der Waals surface area contributed by atoms with E-state index in [9.17, 15) is 14.3 Å². The van der Waals surface area contributed by atoms with E-state index in [4.69, 9.17) is 11.6 Å². The monoisotopic (exact) mass is 292 g/mol. The standard InChI is InChI=1S/C16H14ClFO2/c17-15-12(7-4-8-14(15)18)10-13(16(19)20)9-11-5-2-1-3-6-11/h1-8,13H,9-10H2,(H,19,20). The van der Waals surface area contributed by atoms with E-state index in [0.717, 1.165) is 5.56 Å². The Hall–Kier alpha value is -1.87. The maximum Gasteiger partial charge on any atom is 0.307 e. The van der Waals surface area contributed by atoms with Gasteiger partial charge < -0.3 is 5.11 Å². The van der Waals surface area contributed by atoms with Crippen molar-refractivity contribution in [1.82, 2.24) is 0 Å². The van der Waals surface area contributed by atoms with Gasteiger partial charge in [-0.05, 0) is 30.0 Å². The summed E-state index contributed by atoms with van der Waals surface area (Å²) < 4.78 is 13.4. The van der Waals surface area contributed by atoms with Gasteiger partial charge in [-0.3, -0.25) is 4.79 Å². The first-order valence-corrected chi connectivity index (χ1v) is 6.65. The molecule has 0 saturated heterocycles. The van der Waals surface area contributed by atoms with Crippen molar-refractivity contribution >= 4 is 17.6 Å². The van der Waals surface area contributed by atoms with Gasteiger partial charge in [0.15, 0.2) is 0 Å². The van der Waals surface area contributed by atoms with E-state index in [1.807, 2.05) is 30.3 Å². The van der Waals surface area contributed by atoms with Gasteiger partial charge in [-0.15, -0.1) is 0 Å². The molecule has 0 radical (unpaired) electrons. The average molecular weight is 293 g/mol. The summed E-state index contributed by atoms with van der Waals surface area (Å²) in [6.45, 7) is 0. The number of carbonyl (C=O) groups is 1. The summed E-state index contributed by atoms with van der Waals surface area (Å²) >= 11 is 5.88. The molecule has 0 aliphatic carbocycles. The molecule has 2 aromatic carbocycles. The van der Waals surface area contributed by atoms with E-state index >= 15 is 0 Å². The lowest BCUT2D eigenvalue weighted by Crippen LogP contribution is -2.19. The number of rotatable bonds is 5. The van der Waals surface area contributed by atoms with Crippen LogP contribution in [0.15, 0.2) is 48.5 Å². The van der Waals surface area contributed by atoms with Crippen molar-refractivity contribution in [2.24, 2.45) is 5.92 Å². The normalized spacial score (nSPS) is 12.1. The number of benzene rings is 2. The van der Waals surface area contributed by atoms with Crippen molar-refractivity contribution in [3.05, 3.63) is 70.5 Å². The fraction of sp³-hybridized carbons (Fsp3) is 0.188. The second-order valence-electron chi connectivity index (χ2n) is 4.64. The predicted octanol–water partition coefficient (Wildman–Crippen LogP) is 3.97. The largest absolute Gasteiger partial charge is 0.481 e. The van der Waals surface area contributed by atoms with Gasteiger partial charge in [0.05, 0.1) is 10.9 Å². The summed E-state index contributed by atoms with van der Waals surface area (Å²) in [5, 5.41) is 9.33. The van der Waals surface area contributed by atoms with Gasteiger partial charge in [0, 0.05) is 0 Å². The van der Waals surface area contributed by atoms with Crippen LogP contribution in [0.4, 0.5) is 4.39 Å². The molecule has 2 nitrogen and oxygen atoms in total. The third kappa shape index (κ3) is 3.58. The van der Waals surface area contributed by atoms with E-state index < -0.39 is 17.7 Å². The highest BCUT2D eigenvalue weighted by molar-refractivity contribution is 6.31. The van der Waals surface area contributed by atoms with E-state index in [2.05, 4.69) is 0 Å². The minimum absolute atomic E-state index is 0.00631. The van der Waals surface area contributed by atoms with Crippen molar-refractivity contribution in [2.75, 3.05) is 0 Å². The zero-order valence-corrected chi connectivity index (χ0v) is 11.5. The smallest absolute Gasteiger partial charge is 0.307 e. The summed E-state index contributed by atoms with van der Waals surface area (Å²) in [6, 6.07) is 13.8. The molecule has 0 heterocycles. The van der Waals surface area contributed by atoms with E-state index in [-0.39, 0.29) is 11.4 Å². The molecule has 0 amide bonds. The Morgan fingerprint density at radius 2 is 1.80 bits per heavy atom. The van der Waals surface area contributed by atoms with Crippen LogP contribution in [0.25, 0.3) is 0 Å². The molecule has 2 rings (SSSR count). The summed E-state index contributed by atoms with van der Waals surface area (Å²) in [5.41, 5.74) is 1.46. The second kappa shape index (κ2) is 6.53. The quantitative estimate of drug-likeness (QED) is 0.905. The zero-order chi connectivity index (χ0) is 14.5. The van der Waals surface area contributed by atoms with Gasteiger partial charge in [0.2, 0.25) is 0 Å². The lowest BCUT2D eigenvalue weighted by molar-refractivity contribution is -0.141. The molecule has 0 bridgehead atoms. The van der Waals surface area contributed by atoms with Crippen LogP contribution in [0, 0.1) is 11.7 Å². The first kappa shape index (κ1) is 14.5. The molecule has 20 heavy (non-hydrogen) atoms. The van der Waals surface area contributed by atoms with Gasteiger partial charge >= 0.3 is 5.97 Å². The van der Waals surface area contributed by atoms with Crippen LogP contribution in [0.1, 0.15) is 11.1 Å². The highest BCUT2D eigenvalue weighted by Gasteiger charge is 2.20. The van der Waals surface area contributed by atoms with Crippen LogP contribution in [0.5, 0.6) is 0 Å². The molecular formula is C16H14ClFO2. The number of hydrogen-bond acceptors (Lipinski definition) is 1. The molecule has 0 fully saturated rings. The van der Waals surface area contributed by atoms with Crippen LogP contribution in [-0.2, 0) is 17.6 Å². The van der Waals surface area contributed by atoms with Crippen molar-refractivity contribution in [3.8, 4) is 0 Å². The van der Waals surface area contributed by atoms with Gasteiger partial charge in [-0.2, -0.15) is 0 Å². The Kier molecular flexibility index (Phi) is 4.74. The molecule has 4 heteroatoms. The molecule has 0 saturated carbocycles. The molecule has 0 aliphatic rings. The maximum atomic E-state index is 13.4. The number of carboxylic acids is 1. The van der Waals surface area contributed by atoms with E-state index in [1.165, 1.54) is 12.1 Å². The van der Waals surface area contributed by atoms with Crippen LogP contribution in [0.3, 0.4) is 0 Å². The molecule has 0 spiro atoms. The van der Waals surface area contributed by atoms with E-state index in [0.29, 0.717) is 12.0 Å². The van der Waals surface area contributed by atoms with Crippen LogP contribution < -0.4 is 0 Å². The minimum Gasteiger partial charge on any atom is -0.481 e. The first-order chi connectivity index (χ1) is 9.58. The summed E-state index contributed by atoms with van der Waals surface area (Å²) in [5.74, 6) is -2.06. The summed E-state index contributed by atoms with van der Waals surface area (Å²) in [4.78, 5) is 11.4. The Labute approximate surface area is 121 Å². The van der Waals surface area contributed by atoms with Crippen LogP contribution >= 0.6 is 11.6 Å². The third-order valence-corrected chi connectivity index (χ3v) is 3.60. The molecule has 0 aliphatic heterocycles. The minimum atomic E-state index is -0.908. The van der Waals surface area contributed by atoms with Gasteiger partial charge in [0.25, 0.3) is 0 Å². The SMILES string of the molecule is O=C(O)C(Cc1ccccc1)Cc1cccc(F)c1Cl. The second-order valence-corrected chi connectivity index (χ2v) is 5.02. The summed E-state index contributed by atoms with van der Waals surface area (Å²) in [7, 11) is 0. The maximum absolute atomic E-state index is 13.4. The van der Waals surface area contributed by atoms with Crippen LogP contribution in [0.2, 0.25) is 5.02 Å². The van der Waals surface area contributed by atoms with E-state index in [1.54, 1.807) is 6.07 Å². The summed E-state index contributed by atoms with van der Waals surface area (Å²) in [6.07, 6.45) is 0.601. The molecule has 2 aromatic rings. The Balaban J connectivity index is 2.18. The predicted molar refractivity (Wildman–Crippen MR) is 76.4 cm³/mol. The number of hydrogen-bond donors (Lipinski definition) is 1. The zero-order valence-electron chi connectivity index (χ0n) is 10.7. The van der Waals surface area contributed by atoms with Crippen molar-refractivity contribution in [3.63, 3.8) is 0 Å². The first-order valence-electron chi connectivity index (χ1n) is 6.27. The lowest BCUT2D eigenvalue weighted by atomic mass is 9.92. The fourth-order valence-electron chi connectivity index (χ4n) is 2.12. The Bertz CT molecular complexity index is 599. The highest BCUT2D eigenvalue weighted by atomic mass is 35.5. The van der Waals surface area contributed by atoms with Crippen molar-refractivity contribution in [2.45, 2.75) is 12.8 Å². The van der Waals surface area contributed by atoms with Crippen LogP contribution in [-0.4, -0.2) is 11.1 Å². The number of aliphatic carboxylic acids is 1. The van der Waals surface area contributed by atoms with Gasteiger partial charge in [0.1, 0.15) is 5.82 Å². The van der Waals surface area contributed by atoms with Crippen molar-refractivity contribution < 1.29 is 14.3 Å². The molecule has 0 aromatic heterocycles. The molecule has 104 valence electrons. The third-order valence-electron chi connectivity index (χ3n) is 3.17. The van der Waals surface area contributed by atoms with Crippen molar-refractivity contribution in [1.29, 1.82) is 0 Å². The lowest BCUT2D eigenvalue weighted by Gasteiger charge is -2.13. The molecule has 1 atom stereocenters. The Morgan fingerprint density at radius 1 is 1.10 bits per heavy atom. The fourth-order valence-corrected chi connectivity index (χ4v) is 2.32. The topological polar surface area (TPSA) is 37.3 Å². The van der Waals surface area contributed by atoms with Gasteiger partial charge in [-0.25, -0.2) is 4.39 Å².